The SMILES string of the molecule is CC(C)[C@@H](C(=O)O)N1Cc2ccccc2C1=O.CC(C)[C@H](N)C(=O)O.O=Cc1ccccc1C=O. The van der Waals surface area contributed by atoms with Crippen LogP contribution >= 0.6 is 0 Å². The van der Waals surface area contributed by atoms with Crippen LogP contribution in [0.15, 0.2) is 48.5 Å². The molecule has 2 aromatic carbocycles. The maximum atomic E-state index is 12.1. The maximum Gasteiger partial charge on any atom is 0.326 e. The van der Waals surface area contributed by atoms with Crippen LogP contribution in [0.4, 0.5) is 0 Å². The molecule has 1 heterocycles. The molecule has 1 aliphatic heterocycles. The number of fused-ring (bicyclic) bond motifs is 1. The highest BCUT2D eigenvalue weighted by atomic mass is 16.4. The predicted octanol–water partition coefficient (Wildman–Crippen LogP) is 3.12. The number of amides is 1. The third-order valence-electron chi connectivity index (χ3n) is 5.32. The molecule has 0 aliphatic carbocycles. The number of hydrogen-bond acceptors (Lipinski definition) is 6. The molecule has 0 unspecified atom stereocenters. The van der Waals surface area contributed by atoms with E-state index in [1.165, 1.54) is 4.90 Å². The van der Waals surface area contributed by atoms with Gasteiger partial charge in [0.05, 0.1) is 0 Å². The second-order valence-corrected chi connectivity index (χ2v) is 8.59. The van der Waals surface area contributed by atoms with Crippen molar-refractivity contribution in [3.63, 3.8) is 0 Å². The molecule has 35 heavy (non-hydrogen) atoms. The molecule has 0 saturated carbocycles. The van der Waals surface area contributed by atoms with Crippen LogP contribution in [-0.4, -0.2) is 57.6 Å². The number of carbonyl (C=O) groups excluding carboxylic acids is 3. The summed E-state index contributed by atoms with van der Waals surface area (Å²) in [6.45, 7) is 7.58. The number of aliphatic carboxylic acids is 2. The van der Waals surface area contributed by atoms with Gasteiger partial charge in [-0.25, -0.2) is 4.79 Å². The minimum Gasteiger partial charge on any atom is -0.480 e. The third kappa shape index (κ3) is 8.15. The van der Waals surface area contributed by atoms with E-state index in [1.807, 2.05) is 26.0 Å². The molecule has 188 valence electrons. The Bertz CT molecular complexity index is 1020. The van der Waals surface area contributed by atoms with Crippen LogP contribution in [0, 0.1) is 11.8 Å². The highest BCUT2D eigenvalue weighted by Gasteiger charge is 2.37. The fourth-order valence-corrected chi connectivity index (χ4v) is 3.29. The minimum absolute atomic E-state index is 0.0208. The Morgan fingerprint density at radius 1 is 0.857 bits per heavy atom. The average molecular weight is 485 g/mol. The lowest BCUT2D eigenvalue weighted by Crippen LogP contribution is -2.44. The number of aldehydes is 2. The standard InChI is InChI=1S/C13H15NO3.C8H6O2.C5H11NO2/c1-8(2)11(13(16)17)14-7-9-5-3-4-6-10(9)12(14)15;9-5-7-3-1-2-4-8(7)6-10;1-3(2)4(6)5(7)8/h3-6,8,11H,7H2,1-2H3,(H,16,17);1-6H;3-4H,6H2,1-2H3,(H,7,8)/t11-;;4-/m0.0/s1. The van der Waals surface area contributed by atoms with E-state index in [9.17, 15) is 29.1 Å². The molecular weight excluding hydrogens is 452 g/mol. The summed E-state index contributed by atoms with van der Waals surface area (Å²) in [6.07, 6.45) is 1.34. The summed E-state index contributed by atoms with van der Waals surface area (Å²) in [5.41, 5.74) is 7.58. The summed E-state index contributed by atoms with van der Waals surface area (Å²) in [6, 6.07) is 12.5. The highest BCUT2D eigenvalue weighted by Crippen LogP contribution is 2.26. The average Bonchev–Trinajstić information content (AvgIpc) is 3.14. The first kappa shape index (κ1) is 29.2. The molecule has 1 aliphatic rings. The number of nitrogens with zero attached hydrogens (tertiary/aromatic N) is 1. The van der Waals surface area contributed by atoms with Crippen LogP contribution in [0.2, 0.25) is 0 Å². The first-order chi connectivity index (χ1) is 16.5. The van der Waals surface area contributed by atoms with Crippen LogP contribution in [-0.2, 0) is 16.1 Å². The number of rotatable bonds is 7. The van der Waals surface area contributed by atoms with E-state index in [0.717, 1.165) is 5.56 Å². The third-order valence-corrected chi connectivity index (χ3v) is 5.32. The molecule has 0 radical (unpaired) electrons. The van der Waals surface area contributed by atoms with Crippen molar-refractivity contribution < 1.29 is 34.2 Å². The summed E-state index contributed by atoms with van der Waals surface area (Å²) in [4.78, 5) is 55.3. The van der Waals surface area contributed by atoms with E-state index in [0.29, 0.717) is 35.8 Å². The lowest BCUT2D eigenvalue weighted by molar-refractivity contribution is -0.144. The van der Waals surface area contributed by atoms with Gasteiger partial charge in [-0.1, -0.05) is 70.2 Å². The van der Waals surface area contributed by atoms with Gasteiger partial charge in [-0.2, -0.15) is 0 Å². The predicted molar refractivity (Wildman–Crippen MR) is 130 cm³/mol. The molecule has 1 amide bonds. The van der Waals surface area contributed by atoms with Gasteiger partial charge in [0.15, 0.2) is 12.6 Å². The van der Waals surface area contributed by atoms with Gasteiger partial charge in [-0.05, 0) is 23.5 Å². The van der Waals surface area contributed by atoms with Crippen LogP contribution in [0.5, 0.6) is 0 Å². The smallest absolute Gasteiger partial charge is 0.326 e. The number of carboxylic acids is 2. The molecule has 0 fully saturated rings. The van der Waals surface area contributed by atoms with Crippen molar-refractivity contribution in [2.75, 3.05) is 0 Å². The van der Waals surface area contributed by atoms with Crippen molar-refractivity contribution in [2.45, 2.75) is 46.3 Å². The topological polar surface area (TPSA) is 155 Å². The molecule has 9 heteroatoms. The molecule has 0 spiro atoms. The molecule has 0 bridgehead atoms. The van der Waals surface area contributed by atoms with Crippen molar-refractivity contribution in [1.29, 1.82) is 0 Å². The van der Waals surface area contributed by atoms with E-state index in [1.54, 1.807) is 50.2 Å². The number of benzene rings is 2. The van der Waals surface area contributed by atoms with E-state index in [-0.39, 0.29) is 17.7 Å². The summed E-state index contributed by atoms with van der Waals surface area (Å²) in [7, 11) is 0. The fraction of sp³-hybridized carbons (Fsp3) is 0.346. The van der Waals surface area contributed by atoms with Crippen LogP contribution in [0.3, 0.4) is 0 Å². The van der Waals surface area contributed by atoms with Crippen molar-refractivity contribution in [3.05, 3.63) is 70.8 Å². The van der Waals surface area contributed by atoms with E-state index >= 15 is 0 Å². The number of carboxylic acid groups (broad SMARTS) is 2. The second kappa shape index (κ2) is 13.8. The summed E-state index contributed by atoms with van der Waals surface area (Å²) in [5.74, 6) is -2.14. The van der Waals surface area contributed by atoms with Gasteiger partial charge >= 0.3 is 11.9 Å². The fourth-order valence-electron chi connectivity index (χ4n) is 3.29. The first-order valence-electron chi connectivity index (χ1n) is 11.1. The van der Waals surface area contributed by atoms with Gasteiger partial charge in [0, 0.05) is 23.2 Å². The van der Waals surface area contributed by atoms with E-state index in [4.69, 9.17) is 10.8 Å². The van der Waals surface area contributed by atoms with Gasteiger partial charge in [-0.15, -0.1) is 0 Å². The summed E-state index contributed by atoms with van der Waals surface area (Å²) < 4.78 is 0. The molecule has 0 saturated heterocycles. The number of hydrogen-bond donors (Lipinski definition) is 3. The van der Waals surface area contributed by atoms with Crippen molar-refractivity contribution in [2.24, 2.45) is 17.6 Å². The van der Waals surface area contributed by atoms with Gasteiger partial charge < -0.3 is 20.8 Å². The molecule has 4 N–H and O–H groups in total. The Morgan fingerprint density at radius 3 is 1.69 bits per heavy atom. The number of carbonyl (C=O) groups is 5. The van der Waals surface area contributed by atoms with E-state index < -0.39 is 24.0 Å². The summed E-state index contributed by atoms with van der Waals surface area (Å²) in [5, 5.41) is 17.4. The quantitative estimate of drug-likeness (QED) is 0.506. The minimum atomic E-state index is -0.943. The summed E-state index contributed by atoms with van der Waals surface area (Å²) >= 11 is 0. The molecule has 2 aromatic rings. The van der Waals surface area contributed by atoms with Gasteiger partial charge in [0.1, 0.15) is 12.1 Å². The monoisotopic (exact) mass is 484 g/mol. The number of nitrogens with two attached hydrogens (primary N) is 1. The van der Waals surface area contributed by atoms with Crippen molar-refractivity contribution in [1.82, 2.24) is 4.90 Å². The zero-order valence-corrected chi connectivity index (χ0v) is 20.3. The first-order valence-corrected chi connectivity index (χ1v) is 11.1. The van der Waals surface area contributed by atoms with Gasteiger partial charge in [0.25, 0.3) is 5.91 Å². The largest absolute Gasteiger partial charge is 0.480 e. The van der Waals surface area contributed by atoms with Crippen LogP contribution in [0.25, 0.3) is 0 Å². The van der Waals surface area contributed by atoms with Gasteiger partial charge in [0.2, 0.25) is 0 Å². The Hall–Kier alpha value is -3.85. The lowest BCUT2D eigenvalue weighted by atomic mass is 10.0. The molecule has 0 aromatic heterocycles. The molecule has 9 nitrogen and oxygen atoms in total. The Morgan fingerprint density at radius 2 is 1.34 bits per heavy atom. The van der Waals surface area contributed by atoms with Crippen molar-refractivity contribution in [3.8, 4) is 0 Å². The zero-order chi connectivity index (χ0) is 26.7. The zero-order valence-electron chi connectivity index (χ0n) is 20.3. The Labute approximate surface area is 204 Å². The Balaban J connectivity index is 0.000000290. The van der Waals surface area contributed by atoms with E-state index in [2.05, 4.69) is 0 Å². The molecule has 2 atom stereocenters. The lowest BCUT2D eigenvalue weighted by Gasteiger charge is -2.27. The van der Waals surface area contributed by atoms with Gasteiger partial charge in [-0.3, -0.25) is 19.2 Å². The van der Waals surface area contributed by atoms with Crippen LogP contribution < -0.4 is 5.73 Å². The second-order valence-electron chi connectivity index (χ2n) is 8.59. The highest BCUT2D eigenvalue weighted by molar-refractivity contribution is 6.00. The normalized spacial score (nSPS) is 13.6. The van der Waals surface area contributed by atoms with Crippen LogP contribution in [0.1, 0.15) is 64.3 Å². The molecular formula is C26H32N2O7. The maximum absolute atomic E-state index is 12.1. The van der Waals surface area contributed by atoms with Crippen molar-refractivity contribution >= 4 is 30.4 Å². The molecule has 3 rings (SSSR count). The Kier molecular flexibility index (Phi) is 11.5.